The molecule has 0 aliphatic heterocycles. The maximum absolute atomic E-state index is 9.54. The Morgan fingerprint density at radius 1 is 0.842 bits per heavy atom. The SMILES string of the molecule is Oc1ccc(C=[O+]Cc2ccc(O)cc2O)c(O)c1. The lowest BCUT2D eigenvalue weighted by atomic mass is 10.2. The standard InChI is InChI=1S/C14H12O5/c15-11-3-1-9(13(17)5-11)7-19-8-10-2-4-12(16)6-14(10)18/h1-7H,8H2,(H3-,15,16,17,18)/p+1. The summed E-state index contributed by atoms with van der Waals surface area (Å²) in [6.45, 7) is 0.0897. The molecule has 19 heavy (non-hydrogen) atoms. The summed E-state index contributed by atoms with van der Waals surface area (Å²) >= 11 is 0. The highest BCUT2D eigenvalue weighted by Gasteiger charge is 2.08. The molecular formula is C14H13O5+. The van der Waals surface area contributed by atoms with Gasteiger partial charge in [0.15, 0.2) is 0 Å². The van der Waals surface area contributed by atoms with Crippen molar-refractivity contribution < 1.29 is 24.9 Å². The molecule has 0 aliphatic rings. The molecule has 0 fully saturated rings. The minimum atomic E-state index is -0.102. The highest BCUT2D eigenvalue weighted by atomic mass is 16.4. The van der Waals surface area contributed by atoms with Crippen molar-refractivity contribution in [1.29, 1.82) is 0 Å². The second-order valence-electron chi connectivity index (χ2n) is 3.98. The lowest BCUT2D eigenvalue weighted by Gasteiger charge is -1.97. The van der Waals surface area contributed by atoms with Gasteiger partial charge in [0, 0.05) is 12.1 Å². The van der Waals surface area contributed by atoms with Crippen LogP contribution in [0.4, 0.5) is 0 Å². The van der Waals surface area contributed by atoms with Gasteiger partial charge in [-0.1, -0.05) is 0 Å². The molecule has 0 aromatic heterocycles. The van der Waals surface area contributed by atoms with Gasteiger partial charge < -0.3 is 20.4 Å². The van der Waals surface area contributed by atoms with E-state index in [9.17, 15) is 10.2 Å². The van der Waals surface area contributed by atoms with Crippen LogP contribution in [0.5, 0.6) is 23.0 Å². The first-order valence-electron chi connectivity index (χ1n) is 5.54. The number of hydrogen-bond acceptors (Lipinski definition) is 4. The van der Waals surface area contributed by atoms with Crippen LogP contribution in [0.15, 0.2) is 36.4 Å². The number of hydrogen-bond donors (Lipinski definition) is 4. The van der Waals surface area contributed by atoms with E-state index in [0.717, 1.165) is 0 Å². The van der Waals surface area contributed by atoms with E-state index in [1.165, 1.54) is 42.7 Å². The van der Waals surface area contributed by atoms with Gasteiger partial charge in [-0.15, -0.1) is 0 Å². The average Bonchev–Trinajstić information content (AvgIpc) is 2.34. The van der Waals surface area contributed by atoms with Crippen LogP contribution >= 0.6 is 0 Å². The molecule has 2 aromatic carbocycles. The summed E-state index contributed by atoms with van der Waals surface area (Å²) in [4.78, 5) is 0. The Hall–Kier alpha value is -2.69. The number of aldehydes is 1. The van der Waals surface area contributed by atoms with Gasteiger partial charge in [0.25, 0.3) is 6.61 Å². The van der Waals surface area contributed by atoms with Gasteiger partial charge >= 0.3 is 6.29 Å². The van der Waals surface area contributed by atoms with Crippen molar-refractivity contribution in [3.8, 4) is 23.0 Å². The first-order valence-corrected chi connectivity index (χ1v) is 5.54. The molecule has 0 atom stereocenters. The number of rotatable bonds is 3. The topological polar surface area (TPSA) is 92.2 Å². The van der Waals surface area contributed by atoms with Gasteiger partial charge in [0.1, 0.15) is 28.6 Å². The molecule has 0 bridgehead atoms. The summed E-state index contributed by atoms with van der Waals surface area (Å²) in [5.74, 6) is -0.231. The lowest BCUT2D eigenvalue weighted by molar-refractivity contribution is -0.282. The van der Waals surface area contributed by atoms with Crippen molar-refractivity contribution in [2.75, 3.05) is 0 Å². The summed E-state index contributed by atoms with van der Waals surface area (Å²) in [5, 5.41) is 37.3. The predicted octanol–water partition coefficient (Wildman–Crippen LogP) is 2.06. The quantitative estimate of drug-likeness (QED) is 0.502. The van der Waals surface area contributed by atoms with Crippen LogP contribution < -0.4 is 0 Å². The van der Waals surface area contributed by atoms with Gasteiger partial charge in [0.05, 0.1) is 5.56 Å². The van der Waals surface area contributed by atoms with E-state index in [2.05, 4.69) is 0 Å². The molecule has 98 valence electrons. The van der Waals surface area contributed by atoms with Crippen molar-refractivity contribution >= 4 is 6.29 Å². The average molecular weight is 261 g/mol. The summed E-state index contributed by atoms with van der Waals surface area (Å²) in [5.41, 5.74) is 0.920. The number of benzene rings is 2. The maximum atomic E-state index is 9.54. The number of phenolic OH excluding ortho intramolecular Hbond substituents is 4. The van der Waals surface area contributed by atoms with Crippen molar-refractivity contribution in [3.63, 3.8) is 0 Å². The van der Waals surface area contributed by atoms with Crippen LogP contribution in [0, 0.1) is 0 Å². The van der Waals surface area contributed by atoms with Crippen LogP contribution in [-0.2, 0) is 6.61 Å². The maximum Gasteiger partial charge on any atom is 0.319 e. The molecule has 2 rings (SSSR count). The smallest absolute Gasteiger partial charge is 0.319 e. The Bertz CT molecular complexity index is 619. The molecule has 5 heteroatoms. The zero-order valence-electron chi connectivity index (χ0n) is 9.95. The molecule has 2 aromatic rings. The molecule has 0 radical (unpaired) electrons. The summed E-state index contributed by atoms with van der Waals surface area (Å²) < 4.78 is 5.24. The van der Waals surface area contributed by atoms with E-state index in [1.807, 2.05) is 0 Å². The first-order chi connectivity index (χ1) is 9.06. The van der Waals surface area contributed by atoms with Crippen LogP contribution in [-0.4, -0.2) is 26.7 Å². The van der Waals surface area contributed by atoms with E-state index >= 15 is 0 Å². The van der Waals surface area contributed by atoms with Gasteiger partial charge in [-0.25, -0.2) is 0 Å². The third-order valence-corrected chi connectivity index (χ3v) is 2.53. The van der Waals surface area contributed by atoms with Crippen LogP contribution in [0.2, 0.25) is 0 Å². The number of phenols is 4. The third kappa shape index (κ3) is 3.16. The van der Waals surface area contributed by atoms with Crippen molar-refractivity contribution in [3.05, 3.63) is 47.5 Å². The fraction of sp³-hybridized carbons (Fsp3) is 0.0714. The number of carbonyl (C=O) groups excluding carboxylic acids is 1. The summed E-state index contributed by atoms with van der Waals surface area (Å²) in [6, 6.07) is 8.32. The van der Waals surface area contributed by atoms with Crippen molar-refractivity contribution in [2.45, 2.75) is 6.61 Å². The van der Waals surface area contributed by atoms with Crippen LogP contribution in [0.3, 0.4) is 0 Å². The van der Waals surface area contributed by atoms with E-state index in [-0.39, 0.29) is 29.6 Å². The molecular weight excluding hydrogens is 248 g/mol. The summed E-state index contributed by atoms with van der Waals surface area (Å²) in [7, 11) is 0. The highest BCUT2D eigenvalue weighted by Crippen LogP contribution is 2.24. The van der Waals surface area contributed by atoms with E-state index in [1.54, 1.807) is 0 Å². The lowest BCUT2D eigenvalue weighted by Crippen LogP contribution is -1.87. The normalized spacial score (nSPS) is 10.9. The Morgan fingerprint density at radius 3 is 2.11 bits per heavy atom. The second-order valence-corrected chi connectivity index (χ2v) is 3.98. The van der Waals surface area contributed by atoms with Gasteiger partial charge in [0.2, 0.25) is 0 Å². The van der Waals surface area contributed by atoms with Gasteiger partial charge in [-0.3, -0.25) is 4.42 Å². The van der Waals surface area contributed by atoms with Gasteiger partial charge in [-0.05, 0) is 24.3 Å². The van der Waals surface area contributed by atoms with E-state index < -0.39 is 0 Å². The molecule has 0 aliphatic carbocycles. The molecule has 0 unspecified atom stereocenters. The molecule has 0 amide bonds. The molecule has 0 spiro atoms. The Morgan fingerprint density at radius 2 is 1.47 bits per heavy atom. The fourth-order valence-corrected chi connectivity index (χ4v) is 1.53. The second kappa shape index (κ2) is 5.30. The molecule has 0 heterocycles. The summed E-state index contributed by atoms with van der Waals surface area (Å²) in [6.07, 6.45) is 1.32. The minimum absolute atomic E-state index is 0.0265. The fourth-order valence-electron chi connectivity index (χ4n) is 1.53. The third-order valence-electron chi connectivity index (χ3n) is 2.53. The highest BCUT2D eigenvalue weighted by molar-refractivity contribution is 5.79. The first kappa shape index (κ1) is 12.8. The van der Waals surface area contributed by atoms with Gasteiger partial charge in [-0.2, -0.15) is 0 Å². The largest absolute Gasteiger partial charge is 0.508 e. The zero-order valence-corrected chi connectivity index (χ0v) is 9.95. The van der Waals surface area contributed by atoms with Crippen molar-refractivity contribution in [2.24, 2.45) is 0 Å². The zero-order chi connectivity index (χ0) is 13.8. The molecule has 0 saturated heterocycles. The Kier molecular flexibility index (Phi) is 3.56. The Labute approximate surface area is 109 Å². The molecule has 5 nitrogen and oxygen atoms in total. The Balaban J connectivity index is 2.11. The minimum Gasteiger partial charge on any atom is -0.508 e. The van der Waals surface area contributed by atoms with E-state index in [0.29, 0.717) is 11.1 Å². The molecule has 0 saturated carbocycles. The van der Waals surface area contributed by atoms with Crippen molar-refractivity contribution in [1.82, 2.24) is 0 Å². The van der Waals surface area contributed by atoms with Crippen LogP contribution in [0.25, 0.3) is 0 Å². The predicted molar refractivity (Wildman–Crippen MR) is 68.6 cm³/mol. The van der Waals surface area contributed by atoms with E-state index in [4.69, 9.17) is 14.6 Å². The van der Waals surface area contributed by atoms with Crippen LogP contribution in [0.1, 0.15) is 15.6 Å². The number of aromatic hydroxyl groups is 4. The monoisotopic (exact) mass is 261 g/mol. The molecule has 4 N–H and O–H groups in total.